The first-order valence-electron chi connectivity index (χ1n) is 10.9. The van der Waals surface area contributed by atoms with E-state index >= 15 is 0 Å². The van der Waals surface area contributed by atoms with Crippen LogP contribution in [0.15, 0.2) is 36.4 Å². The molecule has 1 fully saturated rings. The molecule has 1 saturated heterocycles. The van der Waals surface area contributed by atoms with Crippen LogP contribution in [0, 0.1) is 11.6 Å². The third-order valence-corrected chi connectivity index (χ3v) is 8.97. The number of rotatable bonds is 8. The SMILES string of the molecule is CCCCC[Si]1CCC(c2ccc(-c3cc(F)c(OCC(F)(F)F)c(F)c3)cc2)CC1. The standard InChI is InChI=1S/C24H28F5OSi/c1-2-3-4-11-31-12-9-19(10-13-31)17-5-7-18(8-6-17)20-14-21(25)23(22(26)15-20)30-16-24(27,28)29/h5-8,14-15,19H,2-4,9-13,16H2,1H3. The number of alkyl halides is 3. The highest BCUT2D eigenvalue weighted by Crippen LogP contribution is 2.36. The largest absolute Gasteiger partial charge is 0.478 e. The highest BCUT2D eigenvalue weighted by Gasteiger charge is 2.30. The summed E-state index contributed by atoms with van der Waals surface area (Å²) in [5, 5.41) is 0. The molecule has 0 aromatic heterocycles. The molecule has 169 valence electrons. The predicted octanol–water partition coefficient (Wildman–Crippen LogP) is 8.14. The fourth-order valence-corrected chi connectivity index (χ4v) is 7.21. The zero-order chi connectivity index (χ0) is 22.4. The molecule has 1 aliphatic heterocycles. The maximum Gasteiger partial charge on any atom is 0.422 e. The van der Waals surface area contributed by atoms with Gasteiger partial charge in [0, 0.05) is 8.80 Å². The highest BCUT2D eigenvalue weighted by atomic mass is 28.3. The summed E-state index contributed by atoms with van der Waals surface area (Å²) in [7, 11) is -0.204. The van der Waals surface area contributed by atoms with Crippen LogP contribution >= 0.6 is 0 Å². The van der Waals surface area contributed by atoms with Gasteiger partial charge in [0.1, 0.15) is 0 Å². The van der Waals surface area contributed by atoms with E-state index in [4.69, 9.17) is 0 Å². The molecule has 0 unspecified atom stereocenters. The minimum absolute atomic E-state index is 0.204. The first kappa shape index (κ1) is 23.8. The quantitative estimate of drug-likeness (QED) is 0.222. The molecular formula is C24H28F5OSi. The molecule has 7 heteroatoms. The van der Waals surface area contributed by atoms with Crippen LogP contribution in [-0.4, -0.2) is 21.6 Å². The molecule has 0 amide bonds. The van der Waals surface area contributed by atoms with Crippen molar-refractivity contribution in [3.8, 4) is 16.9 Å². The minimum Gasteiger partial charge on any atom is -0.478 e. The van der Waals surface area contributed by atoms with Gasteiger partial charge in [0.05, 0.1) is 0 Å². The predicted molar refractivity (Wildman–Crippen MR) is 115 cm³/mol. The van der Waals surface area contributed by atoms with Crippen LogP contribution in [-0.2, 0) is 0 Å². The molecule has 0 saturated carbocycles. The van der Waals surface area contributed by atoms with Crippen LogP contribution in [0.4, 0.5) is 22.0 Å². The van der Waals surface area contributed by atoms with Crippen molar-refractivity contribution in [1.82, 2.24) is 0 Å². The molecule has 1 aliphatic rings. The Labute approximate surface area is 182 Å². The summed E-state index contributed by atoms with van der Waals surface area (Å²) >= 11 is 0. The molecule has 0 N–H and O–H groups in total. The normalized spacial score (nSPS) is 15.9. The molecule has 1 radical (unpaired) electrons. The zero-order valence-corrected chi connectivity index (χ0v) is 18.7. The summed E-state index contributed by atoms with van der Waals surface area (Å²) in [6, 6.07) is 13.8. The molecule has 3 rings (SSSR count). The average Bonchev–Trinajstić information content (AvgIpc) is 2.73. The van der Waals surface area contributed by atoms with E-state index in [2.05, 4.69) is 11.7 Å². The van der Waals surface area contributed by atoms with E-state index < -0.39 is 30.2 Å². The van der Waals surface area contributed by atoms with E-state index in [-0.39, 0.29) is 14.4 Å². The number of benzene rings is 2. The lowest BCUT2D eigenvalue weighted by molar-refractivity contribution is -0.154. The zero-order valence-electron chi connectivity index (χ0n) is 17.7. The van der Waals surface area contributed by atoms with Crippen LogP contribution < -0.4 is 4.74 Å². The third-order valence-electron chi connectivity index (χ3n) is 5.92. The number of unbranched alkanes of at least 4 members (excludes halogenated alkanes) is 2. The average molecular weight is 456 g/mol. The van der Waals surface area contributed by atoms with Gasteiger partial charge in [-0.05, 0) is 47.6 Å². The summed E-state index contributed by atoms with van der Waals surface area (Å²) in [6.45, 7) is 0.495. The van der Waals surface area contributed by atoms with Gasteiger partial charge in [-0.15, -0.1) is 0 Å². The Kier molecular flexibility index (Phi) is 8.14. The van der Waals surface area contributed by atoms with Crippen molar-refractivity contribution in [2.24, 2.45) is 0 Å². The van der Waals surface area contributed by atoms with Crippen molar-refractivity contribution in [2.75, 3.05) is 6.61 Å². The Morgan fingerprint density at radius 3 is 2.10 bits per heavy atom. The lowest BCUT2D eigenvalue weighted by atomic mass is 9.92. The summed E-state index contributed by atoms with van der Waals surface area (Å²) in [4.78, 5) is 0. The summed E-state index contributed by atoms with van der Waals surface area (Å²) < 4.78 is 69.4. The van der Waals surface area contributed by atoms with E-state index in [9.17, 15) is 22.0 Å². The lowest BCUT2D eigenvalue weighted by Crippen LogP contribution is -2.20. The monoisotopic (exact) mass is 455 g/mol. The lowest BCUT2D eigenvalue weighted by Gasteiger charge is -2.28. The molecule has 1 nitrogen and oxygen atoms in total. The van der Waals surface area contributed by atoms with Crippen LogP contribution in [0.5, 0.6) is 5.75 Å². The highest BCUT2D eigenvalue weighted by molar-refractivity contribution is 6.59. The molecule has 0 atom stereocenters. The Morgan fingerprint density at radius 2 is 1.55 bits per heavy atom. The van der Waals surface area contributed by atoms with Crippen molar-refractivity contribution >= 4 is 8.80 Å². The molecular weight excluding hydrogens is 427 g/mol. The van der Waals surface area contributed by atoms with Crippen molar-refractivity contribution in [2.45, 2.75) is 69.3 Å². The Bertz CT molecular complexity index is 819. The first-order chi connectivity index (χ1) is 14.8. The van der Waals surface area contributed by atoms with Gasteiger partial charge in [0.2, 0.25) is 0 Å². The topological polar surface area (TPSA) is 9.23 Å². The molecule has 1 heterocycles. The van der Waals surface area contributed by atoms with Gasteiger partial charge < -0.3 is 4.74 Å². The number of ether oxygens (including phenoxy) is 1. The third kappa shape index (κ3) is 6.79. The van der Waals surface area contributed by atoms with Crippen LogP contribution in [0.2, 0.25) is 18.1 Å². The second kappa shape index (κ2) is 10.6. The van der Waals surface area contributed by atoms with Gasteiger partial charge in [-0.3, -0.25) is 0 Å². The maximum absolute atomic E-state index is 14.2. The van der Waals surface area contributed by atoms with E-state index in [1.165, 1.54) is 55.8 Å². The van der Waals surface area contributed by atoms with Crippen LogP contribution in [0.3, 0.4) is 0 Å². The van der Waals surface area contributed by atoms with Crippen LogP contribution in [0.1, 0.15) is 50.5 Å². The van der Waals surface area contributed by atoms with Crippen LogP contribution in [0.25, 0.3) is 11.1 Å². The molecule has 0 bridgehead atoms. The number of halogens is 5. The summed E-state index contributed by atoms with van der Waals surface area (Å²) in [5.41, 5.74) is 2.12. The van der Waals surface area contributed by atoms with Gasteiger partial charge in [0.25, 0.3) is 0 Å². The van der Waals surface area contributed by atoms with Crippen molar-refractivity contribution in [3.63, 3.8) is 0 Å². The van der Waals surface area contributed by atoms with Gasteiger partial charge >= 0.3 is 6.18 Å². The second-order valence-electron chi connectivity index (χ2n) is 8.28. The fourth-order valence-electron chi connectivity index (χ4n) is 4.20. The van der Waals surface area contributed by atoms with Gasteiger partial charge in [-0.1, -0.05) is 68.6 Å². The second-order valence-corrected chi connectivity index (χ2v) is 11.3. The molecule has 31 heavy (non-hydrogen) atoms. The van der Waals surface area contributed by atoms with Gasteiger partial charge in [-0.2, -0.15) is 13.2 Å². The van der Waals surface area contributed by atoms with E-state index in [0.717, 1.165) is 12.1 Å². The first-order valence-corrected chi connectivity index (χ1v) is 13.0. The molecule has 0 spiro atoms. The molecule has 2 aromatic rings. The number of hydrogen-bond donors (Lipinski definition) is 0. The van der Waals surface area contributed by atoms with E-state index in [0.29, 0.717) is 11.5 Å². The smallest absolute Gasteiger partial charge is 0.422 e. The molecule has 0 aliphatic carbocycles. The fraction of sp³-hybridized carbons (Fsp3) is 0.500. The van der Waals surface area contributed by atoms with Crippen molar-refractivity contribution in [3.05, 3.63) is 53.6 Å². The summed E-state index contributed by atoms with van der Waals surface area (Å²) in [5.74, 6) is -2.77. The Morgan fingerprint density at radius 1 is 0.935 bits per heavy atom. The summed E-state index contributed by atoms with van der Waals surface area (Å²) in [6.07, 6.45) is 1.70. The van der Waals surface area contributed by atoms with Gasteiger partial charge in [0.15, 0.2) is 24.0 Å². The number of hydrogen-bond acceptors (Lipinski definition) is 1. The van der Waals surface area contributed by atoms with Crippen molar-refractivity contribution in [1.29, 1.82) is 0 Å². The maximum atomic E-state index is 14.2. The van der Waals surface area contributed by atoms with Gasteiger partial charge in [-0.25, -0.2) is 8.78 Å². The molecule has 2 aromatic carbocycles. The Hall–Kier alpha value is -1.89. The van der Waals surface area contributed by atoms with E-state index in [1.807, 2.05) is 24.3 Å². The minimum atomic E-state index is -4.66. The Balaban J connectivity index is 1.63. The van der Waals surface area contributed by atoms with E-state index in [1.54, 1.807) is 0 Å². The van der Waals surface area contributed by atoms with Crippen molar-refractivity contribution < 1.29 is 26.7 Å².